The van der Waals surface area contributed by atoms with Gasteiger partial charge < -0.3 is 15.2 Å². The van der Waals surface area contributed by atoms with Crippen LogP contribution in [0.4, 0.5) is 0 Å². The summed E-state index contributed by atoms with van der Waals surface area (Å²) in [5.41, 5.74) is 6.22. The van der Waals surface area contributed by atoms with Crippen LogP contribution in [0.25, 0.3) is 11.4 Å². The van der Waals surface area contributed by atoms with Crippen molar-refractivity contribution < 1.29 is 14.3 Å². The lowest BCUT2D eigenvalue weighted by molar-refractivity contribution is 0.0991. The first kappa shape index (κ1) is 18.3. The Labute approximate surface area is 159 Å². The molecule has 0 saturated carbocycles. The lowest BCUT2D eigenvalue weighted by Gasteiger charge is -2.15. The van der Waals surface area contributed by atoms with Gasteiger partial charge in [-0.3, -0.25) is 14.8 Å². The Bertz CT molecular complexity index is 1100. The molecule has 0 unspecified atom stereocenters. The largest absolute Gasteiger partial charge is 0.497 e. The van der Waals surface area contributed by atoms with Gasteiger partial charge in [-0.15, -0.1) is 0 Å². The van der Waals surface area contributed by atoms with Crippen molar-refractivity contribution in [2.45, 2.75) is 0 Å². The first-order valence-electron chi connectivity index (χ1n) is 7.86. The first-order valence-corrected chi connectivity index (χ1v) is 8.26. The summed E-state index contributed by atoms with van der Waals surface area (Å²) in [4.78, 5) is 11.8. The number of carbonyl (C=O) groups is 1. The van der Waals surface area contributed by atoms with E-state index >= 15 is 0 Å². The van der Waals surface area contributed by atoms with Gasteiger partial charge in [0.25, 0.3) is 5.91 Å². The molecule has 27 heavy (non-hydrogen) atoms. The third-order valence-corrected chi connectivity index (χ3v) is 4.26. The molecule has 0 aliphatic heterocycles. The van der Waals surface area contributed by atoms with E-state index in [4.69, 9.17) is 32.8 Å². The molecule has 2 aromatic carbocycles. The molecular formula is C18H17N5O3S. The Hall–Kier alpha value is -3.46. The Balaban J connectivity index is 2.28. The van der Waals surface area contributed by atoms with Crippen LogP contribution >= 0.6 is 12.2 Å². The smallest absolute Gasteiger partial charge is 0.273 e. The summed E-state index contributed by atoms with van der Waals surface area (Å²) >= 11 is 5.54. The van der Waals surface area contributed by atoms with E-state index in [0.717, 1.165) is 0 Å². The van der Waals surface area contributed by atoms with Crippen LogP contribution in [0.15, 0.2) is 48.5 Å². The van der Waals surface area contributed by atoms with Gasteiger partial charge >= 0.3 is 0 Å². The third-order valence-electron chi connectivity index (χ3n) is 3.90. The number of ether oxygens (including phenoxy) is 2. The maximum absolute atomic E-state index is 11.8. The van der Waals surface area contributed by atoms with Crippen LogP contribution in [0.5, 0.6) is 11.5 Å². The molecule has 0 bridgehead atoms. The lowest BCUT2D eigenvalue weighted by atomic mass is 10.3. The van der Waals surface area contributed by atoms with Crippen LogP contribution in [0.3, 0.4) is 0 Å². The number of amides is 1. The number of nitrogens with two attached hydrogens (primary N) is 1. The van der Waals surface area contributed by atoms with Crippen LogP contribution < -0.4 is 20.7 Å². The van der Waals surface area contributed by atoms with Gasteiger partial charge in [0.1, 0.15) is 11.5 Å². The van der Waals surface area contributed by atoms with Crippen LogP contribution in [-0.4, -0.2) is 34.5 Å². The SMILES string of the molecule is COc1ccc(-n2nc(C(N)=O)c(=N)n(-c3ccc(OC)cc3)c2=S)cc1. The molecule has 1 aromatic heterocycles. The molecule has 8 nitrogen and oxygen atoms in total. The summed E-state index contributed by atoms with van der Waals surface area (Å²) in [5, 5.41) is 12.5. The van der Waals surface area contributed by atoms with Gasteiger partial charge in [0.2, 0.25) is 4.77 Å². The number of nitrogens with one attached hydrogen (secondary N) is 1. The van der Waals surface area contributed by atoms with Crippen molar-refractivity contribution >= 4 is 18.1 Å². The highest BCUT2D eigenvalue weighted by Gasteiger charge is 2.15. The van der Waals surface area contributed by atoms with Gasteiger partial charge in [0.05, 0.1) is 25.6 Å². The van der Waals surface area contributed by atoms with E-state index in [1.54, 1.807) is 62.8 Å². The highest BCUT2D eigenvalue weighted by Crippen LogP contribution is 2.17. The van der Waals surface area contributed by atoms with E-state index in [2.05, 4.69) is 5.10 Å². The van der Waals surface area contributed by atoms with Crippen molar-refractivity contribution in [1.29, 1.82) is 5.41 Å². The number of hydrogen-bond acceptors (Lipinski definition) is 6. The average Bonchev–Trinajstić information content (AvgIpc) is 2.68. The van der Waals surface area contributed by atoms with Crippen molar-refractivity contribution in [2.24, 2.45) is 5.73 Å². The zero-order valence-corrected chi connectivity index (χ0v) is 15.5. The summed E-state index contributed by atoms with van der Waals surface area (Å²) in [6.07, 6.45) is 0. The number of methoxy groups -OCH3 is 2. The second-order valence-electron chi connectivity index (χ2n) is 5.49. The highest BCUT2D eigenvalue weighted by atomic mass is 32.1. The molecule has 0 aliphatic carbocycles. The molecule has 3 N–H and O–H groups in total. The Kier molecular flexibility index (Phi) is 5.04. The quantitative estimate of drug-likeness (QED) is 0.655. The molecule has 0 aliphatic rings. The second kappa shape index (κ2) is 7.42. The molecule has 3 rings (SSSR count). The zero-order chi connectivity index (χ0) is 19.6. The molecule has 0 spiro atoms. The van der Waals surface area contributed by atoms with E-state index in [9.17, 15) is 4.79 Å². The molecule has 0 atom stereocenters. The van der Waals surface area contributed by atoms with E-state index in [1.165, 1.54) is 9.25 Å². The topological polar surface area (TPSA) is 108 Å². The van der Waals surface area contributed by atoms with E-state index in [1.807, 2.05) is 0 Å². The minimum absolute atomic E-state index is 0.192. The normalized spacial score (nSPS) is 10.4. The minimum atomic E-state index is -0.820. The van der Waals surface area contributed by atoms with Gasteiger partial charge in [-0.1, -0.05) is 0 Å². The first-order chi connectivity index (χ1) is 13.0. The Morgan fingerprint density at radius 3 is 1.93 bits per heavy atom. The Morgan fingerprint density at radius 1 is 1.00 bits per heavy atom. The Morgan fingerprint density at radius 2 is 1.48 bits per heavy atom. The molecular weight excluding hydrogens is 366 g/mol. The molecule has 0 radical (unpaired) electrons. The van der Waals surface area contributed by atoms with Gasteiger partial charge in [0, 0.05) is 0 Å². The summed E-state index contributed by atoms with van der Waals surface area (Å²) in [7, 11) is 3.13. The van der Waals surface area contributed by atoms with Gasteiger partial charge in [-0.25, -0.2) is 4.68 Å². The minimum Gasteiger partial charge on any atom is -0.497 e. The van der Waals surface area contributed by atoms with Crippen molar-refractivity contribution in [3.63, 3.8) is 0 Å². The molecule has 9 heteroatoms. The predicted octanol–water partition coefficient (Wildman–Crippen LogP) is 1.99. The number of hydrogen-bond donors (Lipinski definition) is 2. The van der Waals surface area contributed by atoms with E-state index < -0.39 is 5.91 Å². The van der Waals surface area contributed by atoms with E-state index in [0.29, 0.717) is 22.9 Å². The fourth-order valence-electron chi connectivity index (χ4n) is 2.51. The highest BCUT2D eigenvalue weighted by molar-refractivity contribution is 7.71. The molecule has 1 heterocycles. The van der Waals surface area contributed by atoms with Crippen molar-refractivity contribution in [3.8, 4) is 22.9 Å². The summed E-state index contributed by atoms with van der Waals surface area (Å²) in [6.45, 7) is 0. The van der Waals surface area contributed by atoms with E-state index in [-0.39, 0.29) is 16.0 Å². The number of aromatic nitrogens is 3. The number of rotatable bonds is 5. The number of nitrogens with zero attached hydrogens (tertiary/aromatic N) is 3. The molecule has 0 saturated heterocycles. The fraction of sp³-hybridized carbons (Fsp3) is 0.111. The lowest BCUT2D eigenvalue weighted by Crippen LogP contribution is -2.34. The molecule has 138 valence electrons. The number of carbonyl (C=O) groups excluding carboxylic acids is 1. The monoisotopic (exact) mass is 383 g/mol. The zero-order valence-electron chi connectivity index (χ0n) is 14.7. The van der Waals surface area contributed by atoms with Gasteiger partial charge in [0.15, 0.2) is 11.2 Å². The summed E-state index contributed by atoms with van der Waals surface area (Å²) in [5.74, 6) is 0.504. The van der Waals surface area contributed by atoms with Crippen LogP contribution in [-0.2, 0) is 0 Å². The average molecular weight is 383 g/mol. The second-order valence-corrected chi connectivity index (χ2v) is 5.85. The van der Waals surface area contributed by atoms with Crippen LogP contribution in [0.2, 0.25) is 0 Å². The summed E-state index contributed by atoms with van der Waals surface area (Å²) in [6, 6.07) is 13.9. The molecule has 1 amide bonds. The maximum Gasteiger partial charge on any atom is 0.273 e. The molecule has 0 fully saturated rings. The number of primary amides is 1. The van der Waals surface area contributed by atoms with Gasteiger partial charge in [-0.2, -0.15) is 5.10 Å². The van der Waals surface area contributed by atoms with Crippen LogP contribution in [0, 0.1) is 10.2 Å². The third kappa shape index (κ3) is 3.44. The summed E-state index contributed by atoms with van der Waals surface area (Å²) < 4.78 is 13.3. The molecule has 3 aromatic rings. The van der Waals surface area contributed by atoms with Crippen molar-refractivity contribution in [3.05, 3.63) is 64.5 Å². The van der Waals surface area contributed by atoms with Crippen molar-refractivity contribution in [1.82, 2.24) is 14.3 Å². The van der Waals surface area contributed by atoms with Gasteiger partial charge in [-0.05, 0) is 60.7 Å². The van der Waals surface area contributed by atoms with Crippen molar-refractivity contribution in [2.75, 3.05) is 14.2 Å². The number of benzene rings is 2. The fourth-order valence-corrected chi connectivity index (χ4v) is 2.86. The standard InChI is InChI=1S/C18H17N5O3S/c1-25-13-7-3-11(4-8-13)22-16(19)15(17(20)24)21-23(18(22)27)12-5-9-14(26-2)10-6-12/h3-10,19H,1-2H3,(H2,20,24). The predicted molar refractivity (Wildman–Crippen MR) is 101 cm³/mol. The van der Waals surface area contributed by atoms with Crippen LogP contribution in [0.1, 0.15) is 10.5 Å². The maximum atomic E-state index is 11.8.